The number of carbonyl (C=O) groups excluding carboxylic acids is 1. The largest absolute Gasteiger partial charge is 0.378 e. The number of nitro benzene ring substituents is 1. The summed E-state index contributed by atoms with van der Waals surface area (Å²) >= 11 is 0. The second-order valence-corrected chi connectivity index (χ2v) is 5.24. The maximum absolute atomic E-state index is 11.7. The average molecular weight is 325 g/mol. The highest BCUT2D eigenvalue weighted by atomic mass is 16.6. The molecule has 0 heterocycles. The average Bonchev–Trinajstić information content (AvgIpc) is 2.58. The van der Waals surface area contributed by atoms with Gasteiger partial charge < -0.3 is 10.6 Å². The summed E-state index contributed by atoms with van der Waals surface area (Å²) in [5.41, 5.74) is 2.57. The predicted molar refractivity (Wildman–Crippen MR) is 94.8 cm³/mol. The number of rotatable bonds is 7. The Morgan fingerprint density at radius 1 is 1.12 bits per heavy atom. The van der Waals surface area contributed by atoms with Crippen LogP contribution in [0.5, 0.6) is 0 Å². The maximum Gasteiger partial charge on any atom is 0.292 e. The molecule has 2 N–H and O–H groups in total. The Balaban J connectivity index is 1.77. The van der Waals surface area contributed by atoms with Crippen molar-refractivity contribution in [1.82, 2.24) is 5.32 Å². The highest BCUT2D eigenvalue weighted by molar-refractivity contribution is 5.91. The lowest BCUT2D eigenvalue weighted by molar-refractivity contribution is -0.384. The molecule has 6 heteroatoms. The topological polar surface area (TPSA) is 84.3 Å². The zero-order valence-corrected chi connectivity index (χ0v) is 13.4. The molecule has 0 fully saturated rings. The van der Waals surface area contributed by atoms with Gasteiger partial charge >= 0.3 is 0 Å². The van der Waals surface area contributed by atoms with E-state index in [1.54, 1.807) is 24.3 Å². The van der Waals surface area contributed by atoms with Crippen LogP contribution in [0.15, 0.2) is 54.6 Å². The number of nitro groups is 1. The summed E-state index contributed by atoms with van der Waals surface area (Å²) in [5, 5.41) is 16.6. The van der Waals surface area contributed by atoms with Gasteiger partial charge in [0.15, 0.2) is 0 Å². The first-order valence-electron chi connectivity index (χ1n) is 7.56. The summed E-state index contributed by atoms with van der Waals surface area (Å²) in [7, 11) is 0. The fourth-order valence-electron chi connectivity index (χ4n) is 2.07. The fraction of sp³-hybridized carbons (Fsp3) is 0.167. The number of amides is 1. The van der Waals surface area contributed by atoms with Crippen molar-refractivity contribution in [3.63, 3.8) is 0 Å². The van der Waals surface area contributed by atoms with Gasteiger partial charge in [-0.25, -0.2) is 0 Å². The number of nitrogens with zero attached hydrogens (tertiary/aromatic N) is 1. The van der Waals surface area contributed by atoms with Crippen molar-refractivity contribution in [2.45, 2.75) is 6.92 Å². The molecule has 0 bridgehead atoms. The van der Waals surface area contributed by atoms with Crippen molar-refractivity contribution in [2.75, 3.05) is 18.4 Å². The van der Waals surface area contributed by atoms with E-state index in [0.717, 1.165) is 11.1 Å². The molecule has 6 nitrogen and oxygen atoms in total. The van der Waals surface area contributed by atoms with Crippen molar-refractivity contribution in [2.24, 2.45) is 0 Å². The van der Waals surface area contributed by atoms with E-state index in [1.807, 2.05) is 31.2 Å². The summed E-state index contributed by atoms with van der Waals surface area (Å²) in [6, 6.07) is 14.2. The van der Waals surface area contributed by atoms with E-state index in [0.29, 0.717) is 18.8 Å². The number of carbonyl (C=O) groups is 1. The second kappa shape index (κ2) is 8.47. The third-order valence-corrected chi connectivity index (χ3v) is 3.34. The molecule has 0 aromatic heterocycles. The van der Waals surface area contributed by atoms with E-state index in [2.05, 4.69) is 10.6 Å². The van der Waals surface area contributed by atoms with E-state index in [1.165, 1.54) is 12.1 Å². The van der Waals surface area contributed by atoms with E-state index in [4.69, 9.17) is 0 Å². The van der Waals surface area contributed by atoms with Crippen LogP contribution >= 0.6 is 0 Å². The van der Waals surface area contributed by atoms with Gasteiger partial charge in [-0.2, -0.15) is 0 Å². The molecule has 24 heavy (non-hydrogen) atoms. The minimum atomic E-state index is -0.439. The highest BCUT2D eigenvalue weighted by Crippen LogP contribution is 2.22. The molecule has 124 valence electrons. The quantitative estimate of drug-likeness (QED) is 0.354. The Bertz CT molecular complexity index is 739. The summed E-state index contributed by atoms with van der Waals surface area (Å²) in [6.45, 7) is 2.77. The number of hydrogen-bond acceptors (Lipinski definition) is 4. The van der Waals surface area contributed by atoms with Gasteiger partial charge in [0.05, 0.1) is 4.92 Å². The monoisotopic (exact) mass is 325 g/mol. The molecule has 0 aliphatic rings. The molecule has 2 aromatic rings. The van der Waals surface area contributed by atoms with Crippen LogP contribution in [0, 0.1) is 17.0 Å². The molecule has 0 aliphatic heterocycles. The Morgan fingerprint density at radius 2 is 1.83 bits per heavy atom. The fourth-order valence-corrected chi connectivity index (χ4v) is 2.07. The molecule has 0 aliphatic carbocycles. The molecular weight excluding hydrogens is 306 g/mol. The zero-order chi connectivity index (χ0) is 17.4. The summed E-state index contributed by atoms with van der Waals surface area (Å²) < 4.78 is 0. The number of hydrogen-bond donors (Lipinski definition) is 2. The highest BCUT2D eigenvalue weighted by Gasteiger charge is 2.11. The molecule has 0 unspecified atom stereocenters. The Hall–Kier alpha value is -3.15. The lowest BCUT2D eigenvalue weighted by Gasteiger charge is -2.07. The molecule has 1 amide bonds. The van der Waals surface area contributed by atoms with Crippen LogP contribution in [-0.2, 0) is 4.79 Å². The van der Waals surface area contributed by atoms with E-state index in [9.17, 15) is 14.9 Å². The first-order chi connectivity index (χ1) is 11.6. The predicted octanol–water partition coefficient (Wildman–Crippen LogP) is 3.14. The van der Waals surface area contributed by atoms with Crippen LogP contribution in [0.1, 0.15) is 11.1 Å². The number of nitrogens with one attached hydrogen (secondary N) is 2. The zero-order valence-electron chi connectivity index (χ0n) is 13.4. The molecule has 2 aromatic carbocycles. The van der Waals surface area contributed by atoms with Crippen molar-refractivity contribution in [1.29, 1.82) is 0 Å². The SMILES string of the molecule is Cc1ccc(/C=C/C(=O)NCCNc2ccccc2[N+](=O)[O-])cc1. The van der Waals surface area contributed by atoms with Crippen LogP contribution in [0.2, 0.25) is 0 Å². The molecule has 0 spiro atoms. The first-order valence-corrected chi connectivity index (χ1v) is 7.56. The minimum absolute atomic E-state index is 0.0168. The van der Waals surface area contributed by atoms with Crippen molar-refractivity contribution in [3.8, 4) is 0 Å². The number of benzene rings is 2. The van der Waals surface area contributed by atoms with Crippen LogP contribution in [-0.4, -0.2) is 23.9 Å². The van der Waals surface area contributed by atoms with Gasteiger partial charge in [0, 0.05) is 25.2 Å². The minimum Gasteiger partial charge on any atom is -0.378 e. The second-order valence-electron chi connectivity index (χ2n) is 5.24. The van der Waals surface area contributed by atoms with Gasteiger partial charge in [-0.1, -0.05) is 42.0 Å². The summed E-state index contributed by atoms with van der Waals surface area (Å²) in [4.78, 5) is 22.2. The van der Waals surface area contributed by atoms with Gasteiger partial charge in [-0.3, -0.25) is 14.9 Å². The smallest absolute Gasteiger partial charge is 0.292 e. The van der Waals surface area contributed by atoms with E-state index < -0.39 is 4.92 Å². The molecule has 0 atom stereocenters. The van der Waals surface area contributed by atoms with Crippen LogP contribution in [0.25, 0.3) is 6.08 Å². The van der Waals surface area contributed by atoms with Crippen molar-refractivity contribution >= 4 is 23.4 Å². The van der Waals surface area contributed by atoms with E-state index in [-0.39, 0.29) is 11.6 Å². The van der Waals surface area contributed by atoms with Crippen LogP contribution < -0.4 is 10.6 Å². The Morgan fingerprint density at radius 3 is 2.54 bits per heavy atom. The van der Waals surface area contributed by atoms with Gasteiger partial charge in [0.1, 0.15) is 5.69 Å². The number of aryl methyl sites for hydroxylation is 1. The third-order valence-electron chi connectivity index (χ3n) is 3.34. The normalized spacial score (nSPS) is 10.5. The maximum atomic E-state index is 11.7. The molecule has 0 radical (unpaired) electrons. The van der Waals surface area contributed by atoms with Crippen LogP contribution in [0.3, 0.4) is 0 Å². The van der Waals surface area contributed by atoms with Gasteiger partial charge in [0.25, 0.3) is 5.69 Å². The van der Waals surface area contributed by atoms with Crippen molar-refractivity contribution in [3.05, 3.63) is 75.8 Å². The standard InChI is InChI=1S/C18H19N3O3/c1-14-6-8-15(9-7-14)10-11-18(22)20-13-12-19-16-4-2-3-5-17(16)21(23)24/h2-11,19H,12-13H2,1H3,(H,20,22)/b11-10+. The van der Waals surface area contributed by atoms with E-state index >= 15 is 0 Å². The van der Waals surface area contributed by atoms with Gasteiger partial charge in [-0.15, -0.1) is 0 Å². The van der Waals surface area contributed by atoms with Gasteiger partial charge in [-0.05, 0) is 24.6 Å². The molecule has 0 saturated carbocycles. The molecular formula is C18H19N3O3. The number of para-hydroxylation sites is 2. The number of anilines is 1. The summed E-state index contributed by atoms with van der Waals surface area (Å²) in [6.07, 6.45) is 3.21. The molecule has 0 saturated heterocycles. The van der Waals surface area contributed by atoms with Crippen molar-refractivity contribution < 1.29 is 9.72 Å². The first kappa shape index (κ1) is 17.2. The summed E-state index contributed by atoms with van der Waals surface area (Å²) in [5.74, 6) is -0.208. The lowest BCUT2D eigenvalue weighted by atomic mass is 10.1. The lowest BCUT2D eigenvalue weighted by Crippen LogP contribution is -2.27. The Labute approximate surface area is 140 Å². The van der Waals surface area contributed by atoms with Gasteiger partial charge in [0.2, 0.25) is 5.91 Å². The Kier molecular flexibility index (Phi) is 6.08. The van der Waals surface area contributed by atoms with Crippen LogP contribution in [0.4, 0.5) is 11.4 Å². The molecule has 2 rings (SSSR count). The third kappa shape index (κ3) is 5.24.